The fraction of sp³-hybridized carbons (Fsp3) is 0.571. The lowest BCUT2D eigenvalue weighted by Crippen LogP contribution is -2.18. The summed E-state index contributed by atoms with van der Waals surface area (Å²) in [5.74, 6) is 0.915. The van der Waals surface area contributed by atoms with E-state index in [-0.39, 0.29) is 6.04 Å². The summed E-state index contributed by atoms with van der Waals surface area (Å²) >= 11 is 0. The van der Waals surface area contributed by atoms with Crippen LogP contribution in [0.2, 0.25) is 0 Å². The van der Waals surface area contributed by atoms with Gasteiger partial charge in [0.1, 0.15) is 5.75 Å². The van der Waals surface area contributed by atoms with E-state index in [4.69, 9.17) is 15.2 Å². The molecule has 1 fully saturated rings. The maximum absolute atomic E-state index is 6.21. The van der Waals surface area contributed by atoms with Gasteiger partial charge in [-0.2, -0.15) is 0 Å². The molecule has 0 radical (unpaired) electrons. The van der Waals surface area contributed by atoms with E-state index in [0.29, 0.717) is 6.10 Å². The van der Waals surface area contributed by atoms with Crippen LogP contribution in [-0.2, 0) is 4.74 Å². The van der Waals surface area contributed by atoms with Gasteiger partial charge in [-0.3, -0.25) is 0 Å². The summed E-state index contributed by atoms with van der Waals surface area (Å²) in [4.78, 5) is 0. The second kappa shape index (κ2) is 5.52. The first-order valence-corrected chi connectivity index (χ1v) is 6.22. The van der Waals surface area contributed by atoms with Gasteiger partial charge in [0.05, 0.1) is 13.2 Å². The van der Waals surface area contributed by atoms with Gasteiger partial charge in [-0.15, -0.1) is 0 Å². The van der Waals surface area contributed by atoms with E-state index in [1.165, 1.54) is 12.0 Å². The predicted octanol–water partition coefficient (Wildman–Crippen LogP) is 2.57. The number of benzene rings is 1. The number of ether oxygens (including phenoxy) is 2. The molecule has 1 aromatic rings. The highest BCUT2D eigenvalue weighted by Crippen LogP contribution is 2.26. The summed E-state index contributed by atoms with van der Waals surface area (Å²) in [6.07, 6.45) is 3.56. The third kappa shape index (κ3) is 2.99. The van der Waals surface area contributed by atoms with Gasteiger partial charge in [-0.05, 0) is 43.4 Å². The molecule has 0 spiro atoms. The van der Waals surface area contributed by atoms with Gasteiger partial charge in [0.2, 0.25) is 0 Å². The Hall–Kier alpha value is -1.06. The van der Waals surface area contributed by atoms with Crippen molar-refractivity contribution < 1.29 is 9.47 Å². The largest absolute Gasteiger partial charge is 0.496 e. The van der Waals surface area contributed by atoms with Crippen LogP contribution in [0.15, 0.2) is 18.2 Å². The molecule has 2 unspecified atom stereocenters. The van der Waals surface area contributed by atoms with Crippen LogP contribution in [-0.4, -0.2) is 19.8 Å². The number of aryl methyl sites for hydroxylation is 1. The van der Waals surface area contributed by atoms with Crippen molar-refractivity contribution in [3.63, 3.8) is 0 Å². The monoisotopic (exact) mass is 235 g/mol. The van der Waals surface area contributed by atoms with Crippen LogP contribution in [0, 0.1) is 6.92 Å². The smallest absolute Gasteiger partial charge is 0.121 e. The normalized spacial score (nSPS) is 21.5. The Kier molecular flexibility index (Phi) is 4.02. The molecule has 2 atom stereocenters. The summed E-state index contributed by atoms with van der Waals surface area (Å²) in [6.45, 7) is 2.93. The zero-order chi connectivity index (χ0) is 12.3. The van der Waals surface area contributed by atoms with E-state index in [2.05, 4.69) is 6.07 Å². The third-order valence-electron chi connectivity index (χ3n) is 3.39. The van der Waals surface area contributed by atoms with E-state index < -0.39 is 0 Å². The highest BCUT2D eigenvalue weighted by molar-refractivity contribution is 5.37. The van der Waals surface area contributed by atoms with Gasteiger partial charge < -0.3 is 15.2 Å². The first-order chi connectivity index (χ1) is 8.20. The first-order valence-electron chi connectivity index (χ1n) is 6.22. The van der Waals surface area contributed by atoms with Crippen LogP contribution in [0.3, 0.4) is 0 Å². The average Bonchev–Trinajstić information content (AvgIpc) is 2.81. The number of hydrogen-bond acceptors (Lipinski definition) is 3. The highest BCUT2D eigenvalue weighted by Gasteiger charge is 2.19. The Labute approximate surface area is 103 Å². The molecule has 1 aliphatic rings. The van der Waals surface area contributed by atoms with Crippen molar-refractivity contribution in [2.75, 3.05) is 13.7 Å². The predicted molar refractivity (Wildman–Crippen MR) is 68.3 cm³/mol. The van der Waals surface area contributed by atoms with Crippen LogP contribution in [0.5, 0.6) is 5.75 Å². The molecule has 0 aliphatic carbocycles. The van der Waals surface area contributed by atoms with Gasteiger partial charge in [0, 0.05) is 12.6 Å². The minimum absolute atomic E-state index is 0.0581. The minimum Gasteiger partial charge on any atom is -0.496 e. The lowest BCUT2D eigenvalue weighted by atomic mass is 9.98. The fourth-order valence-electron chi connectivity index (χ4n) is 2.38. The maximum atomic E-state index is 6.21. The van der Waals surface area contributed by atoms with Crippen molar-refractivity contribution in [1.82, 2.24) is 0 Å². The summed E-state index contributed by atoms with van der Waals surface area (Å²) in [7, 11) is 1.69. The highest BCUT2D eigenvalue weighted by atomic mass is 16.5. The molecular formula is C14H21NO2. The third-order valence-corrected chi connectivity index (χ3v) is 3.39. The van der Waals surface area contributed by atoms with Crippen LogP contribution in [0.1, 0.15) is 36.4 Å². The van der Waals surface area contributed by atoms with Gasteiger partial charge in [0.25, 0.3) is 0 Å². The van der Waals surface area contributed by atoms with Crippen molar-refractivity contribution in [2.24, 2.45) is 5.73 Å². The zero-order valence-electron chi connectivity index (χ0n) is 10.6. The Morgan fingerprint density at radius 1 is 1.53 bits per heavy atom. The molecule has 94 valence electrons. The second-order valence-corrected chi connectivity index (χ2v) is 4.71. The summed E-state index contributed by atoms with van der Waals surface area (Å²) < 4.78 is 10.9. The quantitative estimate of drug-likeness (QED) is 0.872. The van der Waals surface area contributed by atoms with Gasteiger partial charge in [0.15, 0.2) is 0 Å². The van der Waals surface area contributed by atoms with Crippen molar-refractivity contribution >= 4 is 0 Å². The first kappa shape index (κ1) is 12.4. The molecule has 3 heteroatoms. The van der Waals surface area contributed by atoms with Crippen LogP contribution >= 0.6 is 0 Å². The molecule has 0 amide bonds. The molecule has 0 aromatic heterocycles. The number of nitrogens with two attached hydrogens (primary N) is 1. The van der Waals surface area contributed by atoms with E-state index in [1.807, 2.05) is 19.1 Å². The van der Waals surface area contributed by atoms with Crippen LogP contribution < -0.4 is 10.5 Å². The lowest BCUT2D eigenvalue weighted by molar-refractivity contribution is 0.0983. The molecule has 3 nitrogen and oxygen atoms in total. The molecule has 1 heterocycles. The molecule has 17 heavy (non-hydrogen) atoms. The summed E-state index contributed by atoms with van der Waals surface area (Å²) in [6, 6.07) is 6.20. The molecule has 0 saturated carbocycles. The summed E-state index contributed by atoms with van der Waals surface area (Å²) in [5.41, 5.74) is 8.51. The SMILES string of the molecule is COc1ccc(C(N)CC2CCCO2)cc1C. The van der Waals surface area contributed by atoms with E-state index in [9.17, 15) is 0 Å². The fourth-order valence-corrected chi connectivity index (χ4v) is 2.38. The van der Waals surface area contributed by atoms with E-state index >= 15 is 0 Å². The molecule has 2 rings (SSSR count). The number of methoxy groups -OCH3 is 1. The Bertz CT molecular complexity index is 372. The number of rotatable bonds is 4. The Morgan fingerprint density at radius 3 is 2.94 bits per heavy atom. The standard InChI is InChI=1S/C14H21NO2/c1-10-8-11(5-6-14(10)16-2)13(15)9-12-4-3-7-17-12/h5-6,8,12-13H,3-4,7,9,15H2,1-2H3. The molecular weight excluding hydrogens is 214 g/mol. The lowest BCUT2D eigenvalue weighted by Gasteiger charge is -2.17. The molecule has 0 bridgehead atoms. The van der Waals surface area contributed by atoms with Crippen LogP contribution in [0.4, 0.5) is 0 Å². The van der Waals surface area contributed by atoms with Crippen molar-refractivity contribution in [1.29, 1.82) is 0 Å². The minimum atomic E-state index is 0.0581. The Morgan fingerprint density at radius 2 is 2.35 bits per heavy atom. The molecule has 2 N–H and O–H groups in total. The van der Waals surface area contributed by atoms with E-state index in [1.54, 1.807) is 7.11 Å². The molecule has 1 saturated heterocycles. The molecule has 1 aromatic carbocycles. The topological polar surface area (TPSA) is 44.5 Å². The van der Waals surface area contributed by atoms with Gasteiger partial charge >= 0.3 is 0 Å². The van der Waals surface area contributed by atoms with Crippen molar-refractivity contribution in [3.8, 4) is 5.75 Å². The average molecular weight is 235 g/mol. The van der Waals surface area contributed by atoms with E-state index in [0.717, 1.165) is 30.8 Å². The Balaban J connectivity index is 2.02. The molecule has 1 aliphatic heterocycles. The van der Waals surface area contributed by atoms with Gasteiger partial charge in [-0.25, -0.2) is 0 Å². The zero-order valence-corrected chi connectivity index (χ0v) is 10.6. The van der Waals surface area contributed by atoms with Gasteiger partial charge in [-0.1, -0.05) is 12.1 Å². The van der Waals surface area contributed by atoms with Crippen molar-refractivity contribution in [2.45, 2.75) is 38.3 Å². The van der Waals surface area contributed by atoms with Crippen LogP contribution in [0.25, 0.3) is 0 Å². The summed E-state index contributed by atoms with van der Waals surface area (Å²) in [5, 5.41) is 0. The maximum Gasteiger partial charge on any atom is 0.121 e. The number of hydrogen-bond donors (Lipinski definition) is 1. The van der Waals surface area contributed by atoms with Crippen molar-refractivity contribution in [3.05, 3.63) is 29.3 Å². The second-order valence-electron chi connectivity index (χ2n) is 4.71.